The summed E-state index contributed by atoms with van der Waals surface area (Å²) in [5.41, 5.74) is 7.66. The lowest BCUT2D eigenvalue weighted by atomic mass is 10.2. The Morgan fingerprint density at radius 1 is 1.28 bits per heavy atom. The van der Waals surface area contributed by atoms with Gasteiger partial charge in [0.1, 0.15) is 18.1 Å². The lowest BCUT2D eigenvalue weighted by molar-refractivity contribution is 0.0924. The monoisotopic (exact) mass is 265 g/mol. The number of ether oxygens (including phenoxy) is 1. The van der Waals surface area contributed by atoms with Crippen LogP contribution in [0.4, 0.5) is 0 Å². The highest BCUT2D eigenvalue weighted by atomic mass is 35.5. The first-order chi connectivity index (χ1) is 8.69. The predicted octanol–water partition coefficient (Wildman–Crippen LogP) is 3.42. The minimum atomic E-state index is 0.438. The van der Waals surface area contributed by atoms with Crippen molar-refractivity contribution in [2.45, 2.75) is 26.7 Å². The molecule has 0 aliphatic rings. The maximum Gasteiger partial charge on any atom is 0.130 e. The number of benzene rings is 1. The number of hydrogen-bond acceptors (Lipinski definition) is 3. The van der Waals surface area contributed by atoms with E-state index in [0.717, 1.165) is 27.7 Å². The van der Waals surface area contributed by atoms with Crippen LogP contribution in [-0.2, 0) is 24.5 Å². The van der Waals surface area contributed by atoms with Gasteiger partial charge in [-0.3, -0.25) is 0 Å². The molecule has 96 valence electrons. The van der Waals surface area contributed by atoms with Crippen LogP contribution in [0, 0.1) is 6.92 Å². The minimum Gasteiger partial charge on any atom is -0.464 e. The Kier molecular flexibility index (Phi) is 4.42. The van der Waals surface area contributed by atoms with E-state index in [1.807, 2.05) is 37.3 Å². The zero-order chi connectivity index (χ0) is 13.0. The van der Waals surface area contributed by atoms with Crippen LogP contribution in [0.15, 0.2) is 34.7 Å². The van der Waals surface area contributed by atoms with Crippen LogP contribution in [-0.4, -0.2) is 0 Å². The normalized spacial score (nSPS) is 10.8. The lowest BCUT2D eigenvalue weighted by Gasteiger charge is -2.02. The van der Waals surface area contributed by atoms with Crippen LogP contribution in [0.25, 0.3) is 0 Å². The fraction of sp³-hybridized carbons (Fsp3) is 0.286. The number of furan rings is 1. The SMILES string of the molecule is Cc1oc(COCc2cccc(Cl)c2)cc1CN. The summed E-state index contributed by atoms with van der Waals surface area (Å²) in [6.07, 6.45) is 0. The van der Waals surface area contributed by atoms with Crippen LogP contribution in [0.3, 0.4) is 0 Å². The molecule has 0 aliphatic heterocycles. The van der Waals surface area contributed by atoms with Crippen molar-refractivity contribution in [3.8, 4) is 0 Å². The first kappa shape index (κ1) is 13.1. The second kappa shape index (κ2) is 6.05. The fourth-order valence-corrected chi connectivity index (χ4v) is 1.97. The molecule has 3 nitrogen and oxygen atoms in total. The van der Waals surface area contributed by atoms with Gasteiger partial charge in [-0.15, -0.1) is 0 Å². The molecule has 0 saturated carbocycles. The molecule has 0 atom stereocenters. The molecular formula is C14H16ClNO2. The molecule has 2 rings (SSSR count). The molecule has 18 heavy (non-hydrogen) atoms. The zero-order valence-electron chi connectivity index (χ0n) is 10.3. The first-order valence-electron chi connectivity index (χ1n) is 5.79. The van der Waals surface area contributed by atoms with Gasteiger partial charge in [-0.2, -0.15) is 0 Å². The highest BCUT2D eigenvalue weighted by Gasteiger charge is 2.05. The first-order valence-corrected chi connectivity index (χ1v) is 6.17. The van der Waals surface area contributed by atoms with Crippen molar-refractivity contribution in [2.24, 2.45) is 5.73 Å². The summed E-state index contributed by atoms with van der Waals surface area (Å²) in [7, 11) is 0. The summed E-state index contributed by atoms with van der Waals surface area (Å²) in [4.78, 5) is 0. The molecule has 1 aromatic heterocycles. The van der Waals surface area contributed by atoms with Gasteiger partial charge in [0.25, 0.3) is 0 Å². The molecule has 0 spiro atoms. The molecule has 0 radical (unpaired) electrons. The Morgan fingerprint density at radius 2 is 2.11 bits per heavy atom. The van der Waals surface area contributed by atoms with E-state index in [2.05, 4.69) is 0 Å². The van der Waals surface area contributed by atoms with E-state index in [1.54, 1.807) is 0 Å². The van der Waals surface area contributed by atoms with E-state index in [0.29, 0.717) is 19.8 Å². The second-order valence-electron chi connectivity index (χ2n) is 4.12. The quantitative estimate of drug-likeness (QED) is 0.901. The Bertz CT molecular complexity index is 522. The summed E-state index contributed by atoms with van der Waals surface area (Å²) in [6.45, 7) is 3.35. The Labute approximate surface area is 111 Å². The molecule has 0 unspecified atom stereocenters. The van der Waals surface area contributed by atoms with Gasteiger partial charge < -0.3 is 14.9 Å². The summed E-state index contributed by atoms with van der Waals surface area (Å²) < 4.78 is 11.1. The van der Waals surface area contributed by atoms with Gasteiger partial charge in [0.05, 0.1) is 6.61 Å². The van der Waals surface area contributed by atoms with Crippen molar-refractivity contribution < 1.29 is 9.15 Å². The van der Waals surface area contributed by atoms with E-state index in [4.69, 9.17) is 26.5 Å². The molecule has 1 heterocycles. The van der Waals surface area contributed by atoms with Gasteiger partial charge in [-0.05, 0) is 30.7 Å². The molecule has 0 aliphatic carbocycles. The maximum atomic E-state index is 5.90. The van der Waals surface area contributed by atoms with Gasteiger partial charge >= 0.3 is 0 Å². The Balaban J connectivity index is 1.88. The van der Waals surface area contributed by atoms with E-state index in [9.17, 15) is 0 Å². The molecule has 1 aromatic carbocycles. The van der Waals surface area contributed by atoms with E-state index < -0.39 is 0 Å². The number of rotatable bonds is 5. The fourth-order valence-electron chi connectivity index (χ4n) is 1.76. The van der Waals surface area contributed by atoms with Crippen LogP contribution >= 0.6 is 11.6 Å². The van der Waals surface area contributed by atoms with Crippen molar-refractivity contribution in [2.75, 3.05) is 0 Å². The average Bonchev–Trinajstić information content (AvgIpc) is 2.70. The highest BCUT2D eigenvalue weighted by molar-refractivity contribution is 6.30. The largest absolute Gasteiger partial charge is 0.464 e. The molecule has 2 N–H and O–H groups in total. The van der Waals surface area contributed by atoms with Crippen LogP contribution in [0.2, 0.25) is 5.02 Å². The molecule has 0 fully saturated rings. The number of halogens is 1. The number of hydrogen-bond donors (Lipinski definition) is 1. The van der Waals surface area contributed by atoms with Crippen molar-refractivity contribution in [3.05, 3.63) is 58.0 Å². The lowest BCUT2D eigenvalue weighted by Crippen LogP contribution is -1.95. The minimum absolute atomic E-state index is 0.438. The van der Waals surface area contributed by atoms with E-state index >= 15 is 0 Å². The molecule has 0 bridgehead atoms. The van der Waals surface area contributed by atoms with Crippen molar-refractivity contribution in [1.29, 1.82) is 0 Å². The van der Waals surface area contributed by atoms with Gasteiger partial charge in [-0.25, -0.2) is 0 Å². The van der Waals surface area contributed by atoms with Crippen molar-refractivity contribution >= 4 is 11.6 Å². The van der Waals surface area contributed by atoms with E-state index in [1.165, 1.54) is 0 Å². The Morgan fingerprint density at radius 3 is 2.78 bits per heavy atom. The standard InChI is InChI=1S/C14H16ClNO2/c1-10-12(7-16)6-14(18-10)9-17-8-11-3-2-4-13(15)5-11/h2-6H,7-9,16H2,1H3. The summed E-state index contributed by atoms with van der Waals surface area (Å²) in [5.74, 6) is 1.66. The van der Waals surface area contributed by atoms with Gasteiger partial charge in [0.15, 0.2) is 0 Å². The van der Waals surface area contributed by atoms with Gasteiger partial charge in [0.2, 0.25) is 0 Å². The summed E-state index contributed by atoms with van der Waals surface area (Å²) in [6, 6.07) is 9.55. The molecule has 4 heteroatoms. The van der Waals surface area contributed by atoms with Crippen LogP contribution in [0.5, 0.6) is 0 Å². The van der Waals surface area contributed by atoms with Crippen LogP contribution in [0.1, 0.15) is 22.6 Å². The maximum absolute atomic E-state index is 5.90. The molecule has 0 saturated heterocycles. The Hall–Kier alpha value is -1.29. The molecule has 0 amide bonds. The number of aryl methyl sites for hydroxylation is 1. The predicted molar refractivity (Wildman–Crippen MR) is 71.3 cm³/mol. The average molecular weight is 266 g/mol. The van der Waals surface area contributed by atoms with E-state index in [-0.39, 0.29) is 0 Å². The van der Waals surface area contributed by atoms with Gasteiger partial charge in [-0.1, -0.05) is 23.7 Å². The van der Waals surface area contributed by atoms with Crippen molar-refractivity contribution in [1.82, 2.24) is 0 Å². The summed E-state index contributed by atoms with van der Waals surface area (Å²) in [5, 5.41) is 0.718. The topological polar surface area (TPSA) is 48.4 Å². The molecular weight excluding hydrogens is 250 g/mol. The second-order valence-corrected chi connectivity index (χ2v) is 4.56. The van der Waals surface area contributed by atoms with Crippen molar-refractivity contribution in [3.63, 3.8) is 0 Å². The van der Waals surface area contributed by atoms with Gasteiger partial charge in [0, 0.05) is 17.1 Å². The summed E-state index contributed by atoms with van der Waals surface area (Å²) >= 11 is 5.90. The third-order valence-electron chi connectivity index (χ3n) is 2.69. The van der Waals surface area contributed by atoms with Crippen LogP contribution < -0.4 is 5.73 Å². The third kappa shape index (κ3) is 3.35. The smallest absolute Gasteiger partial charge is 0.130 e. The third-order valence-corrected chi connectivity index (χ3v) is 2.93. The molecule has 2 aromatic rings. The highest BCUT2D eigenvalue weighted by Crippen LogP contribution is 2.16. The zero-order valence-corrected chi connectivity index (χ0v) is 11.0. The number of nitrogens with two attached hydrogens (primary N) is 1.